The Bertz CT molecular complexity index is 932. The Morgan fingerprint density at radius 3 is 2.92 bits per heavy atom. The standard InChI is InChI=1S/C20H20N2O2/c1-12-9-17(12)19-7-4-16(24-19)5-8-20(23)22-15-3-6-18-14(11-15)10-13(2)21-18/h3-8,10-12,17,21H,9H2,1-2H3,(H,22,23)/b8-5-/t12-,17-/m1/s1. The van der Waals surface area contributed by atoms with Crippen molar-refractivity contribution in [2.45, 2.75) is 26.2 Å². The van der Waals surface area contributed by atoms with Crippen LogP contribution in [0.5, 0.6) is 0 Å². The van der Waals surface area contributed by atoms with Crippen LogP contribution in [0.15, 0.2) is 46.9 Å². The molecule has 1 aromatic carbocycles. The lowest BCUT2D eigenvalue weighted by Crippen LogP contribution is -2.07. The monoisotopic (exact) mass is 320 g/mol. The number of anilines is 1. The van der Waals surface area contributed by atoms with Gasteiger partial charge in [-0.2, -0.15) is 0 Å². The van der Waals surface area contributed by atoms with Gasteiger partial charge in [-0.1, -0.05) is 6.92 Å². The number of benzene rings is 1. The first-order chi connectivity index (χ1) is 11.6. The number of rotatable bonds is 4. The van der Waals surface area contributed by atoms with Crippen molar-refractivity contribution < 1.29 is 9.21 Å². The summed E-state index contributed by atoms with van der Waals surface area (Å²) in [5.41, 5.74) is 2.95. The summed E-state index contributed by atoms with van der Waals surface area (Å²) in [6.07, 6.45) is 4.41. The molecule has 122 valence electrons. The fourth-order valence-corrected chi connectivity index (χ4v) is 3.07. The molecule has 4 heteroatoms. The van der Waals surface area contributed by atoms with E-state index in [1.54, 1.807) is 6.08 Å². The van der Waals surface area contributed by atoms with Crippen LogP contribution >= 0.6 is 0 Å². The Labute approximate surface area is 140 Å². The van der Waals surface area contributed by atoms with E-state index in [2.05, 4.69) is 23.3 Å². The van der Waals surface area contributed by atoms with E-state index in [-0.39, 0.29) is 5.91 Å². The Balaban J connectivity index is 1.42. The maximum absolute atomic E-state index is 12.1. The van der Waals surface area contributed by atoms with Gasteiger partial charge in [-0.15, -0.1) is 0 Å². The van der Waals surface area contributed by atoms with Gasteiger partial charge in [0.25, 0.3) is 0 Å². The normalized spacial score (nSPS) is 19.9. The lowest BCUT2D eigenvalue weighted by atomic mass is 10.2. The first-order valence-electron chi connectivity index (χ1n) is 8.26. The Kier molecular flexibility index (Phi) is 3.53. The topological polar surface area (TPSA) is 58.0 Å². The van der Waals surface area contributed by atoms with Crippen molar-refractivity contribution >= 4 is 28.6 Å². The highest BCUT2D eigenvalue weighted by Gasteiger charge is 2.36. The first-order valence-corrected chi connectivity index (χ1v) is 8.26. The van der Waals surface area contributed by atoms with Gasteiger partial charge in [-0.05, 0) is 61.7 Å². The number of furan rings is 1. The minimum absolute atomic E-state index is 0.167. The van der Waals surface area contributed by atoms with E-state index in [9.17, 15) is 4.79 Å². The molecule has 2 N–H and O–H groups in total. The molecule has 1 saturated carbocycles. The lowest BCUT2D eigenvalue weighted by Gasteiger charge is -2.01. The lowest BCUT2D eigenvalue weighted by molar-refractivity contribution is -0.111. The molecule has 0 saturated heterocycles. The van der Waals surface area contributed by atoms with Crippen molar-refractivity contribution in [2.75, 3.05) is 5.32 Å². The zero-order chi connectivity index (χ0) is 16.7. The van der Waals surface area contributed by atoms with Crippen molar-refractivity contribution in [3.05, 3.63) is 59.7 Å². The van der Waals surface area contributed by atoms with Gasteiger partial charge in [0, 0.05) is 34.3 Å². The predicted molar refractivity (Wildman–Crippen MR) is 95.9 cm³/mol. The Hall–Kier alpha value is -2.75. The summed E-state index contributed by atoms with van der Waals surface area (Å²) < 4.78 is 5.77. The van der Waals surface area contributed by atoms with Gasteiger partial charge in [-0.3, -0.25) is 4.79 Å². The zero-order valence-corrected chi connectivity index (χ0v) is 13.8. The first kappa shape index (κ1) is 14.8. The number of H-pyrrole nitrogens is 1. The van der Waals surface area contributed by atoms with Crippen LogP contribution in [0.3, 0.4) is 0 Å². The van der Waals surface area contributed by atoms with Crippen LogP contribution < -0.4 is 5.32 Å². The molecule has 24 heavy (non-hydrogen) atoms. The van der Waals surface area contributed by atoms with Gasteiger partial charge in [0.1, 0.15) is 11.5 Å². The molecule has 0 aliphatic heterocycles. The molecule has 2 atom stereocenters. The van der Waals surface area contributed by atoms with E-state index in [0.29, 0.717) is 11.8 Å². The van der Waals surface area contributed by atoms with E-state index in [1.165, 1.54) is 12.5 Å². The summed E-state index contributed by atoms with van der Waals surface area (Å²) in [6.45, 7) is 4.24. The number of aromatic nitrogens is 1. The molecule has 0 unspecified atom stereocenters. The van der Waals surface area contributed by atoms with Crippen LogP contribution in [0.2, 0.25) is 0 Å². The zero-order valence-electron chi connectivity index (χ0n) is 13.8. The summed E-state index contributed by atoms with van der Waals surface area (Å²) in [6, 6.07) is 11.8. The van der Waals surface area contributed by atoms with Gasteiger partial charge in [0.05, 0.1) is 0 Å². The van der Waals surface area contributed by atoms with Gasteiger partial charge in [-0.25, -0.2) is 0 Å². The number of aromatic amines is 1. The van der Waals surface area contributed by atoms with Crippen LogP contribution in [0, 0.1) is 12.8 Å². The molecule has 2 aromatic heterocycles. The average Bonchev–Trinajstić information content (AvgIpc) is 2.97. The Morgan fingerprint density at radius 1 is 1.29 bits per heavy atom. The molecule has 0 radical (unpaired) electrons. The highest BCUT2D eigenvalue weighted by atomic mass is 16.3. The molecule has 4 nitrogen and oxygen atoms in total. The maximum atomic E-state index is 12.1. The summed E-state index contributed by atoms with van der Waals surface area (Å²) in [5.74, 6) is 2.84. The fourth-order valence-electron chi connectivity index (χ4n) is 3.07. The van der Waals surface area contributed by atoms with Crippen LogP contribution in [-0.4, -0.2) is 10.9 Å². The van der Waals surface area contributed by atoms with Crippen LogP contribution in [0.25, 0.3) is 17.0 Å². The highest BCUT2D eigenvalue weighted by molar-refractivity contribution is 6.02. The van der Waals surface area contributed by atoms with Gasteiger partial charge >= 0.3 is 0 Å². The molecule has 0 bridgehead atoms. The molecule has 0 spiro atoms. The van der Waals surface area contributed by atoms with Crippen molar-refractivity contribution in [2.24, 2.45) is 5.92 Å². The van der Waals surface area contributed by atoms with E-state index >= 15 is 0 Å². The molecule has 1 amide bonds. The smallest absolute Gasteiger partial charge is 0.248 e. The molecule has 1 aliphatic carbocycles. The molecule has 1 fully saturated rings. The predicted octanol–water partition coefficient (Wildman–Crippen LogP) is 4.84. The highest BCUT2D eigenvalue weighted by Crippen LogP contribution is 2.47. The summed E-state index contributed by atoms with van der Waals surface area (Å²) in [5, 5.41) is 3.97. The number of hydrogen-bond acceptors (Lipinski definition) is 2. The summed E-state index contributed by atoms with van der Waals surface area (Å²) >= 11 is 0. The number of hydrogen-bond donors (Lipinski definition) is 2. The number of aryl methyl sites for hydroxylation is 1. The third-order valence-corrected chi connectivity index (χ3v) is 4.54. The molecular weight excluding hydrogens is 300 g/mol. The molecule has 3 aromatic rings. The second kappa shape index (κ2) is 5.71. The van der Waals surface area contributed by atoms with Crippen LogP contribution in [-0.2, 0) is 4.79 Å². The van der Waals surface area contributed by atoms with Crippen LogP contribution in [0.1, 0.15) is 36.5 Å². The SMILES string of the molecule is Cc1cc2cc(NC(=O)/C=C\c3ccc([C@@H]4C[C@H]4C)o3)ccc2[nH]1. The van der Waals surface area contributed by atoms with Crippen molar-refractivity contribution in [1.29, 1.82) is 0 Å². The quantitative estimate of drug-likeness (QED) is 0.675. The summed E-state index contributed by atoms with van der Waals surface area (Å²) in [4.78, 5) is 15.4. The van der Waals surface area contributed by atoms with Crippen molar-refractivity contribution in [1.82, 2.24) is 4.98 Å². The molecule has 4 rings (SSSR count). The number of carbonyl (C=O) groups is 1. The largest absolute Gasteiger partial charge is 0.461 e. The number of fused-ring (bicyclic) bond motifs is 1. The third kappa shape index (κ3) is 3.00. The number of nitrogens with one attached hydrogen (secondary N) is 2. The van der Waals surface area contributed by atoms with E-state index in [0.717, 1.165) is 33.8 Å². The molecule has 1 aliphatic rings. The summed E-state index contributed by atoms with van der Waals surface area (Å²) in [7, 11) is 0. The second-order valence-corrected chi connectivity index (χ2v) is 6.64. The average molecular weight is 320 g/mol. The third-order valence-electron chi connectivity index (χ3n) is 4.54. The van der Waals surface area contributed by atoms with E-state index in [1.807, 2.05) is 37.3 Å². The number of amides is 1. The maximum Gasteiger partial charge on any atom is 0.248 e. The van der Waals surface area contributed by atoms with Crippen LogP contribution in [0.4, 0.5) is 5.69 Å². The Morgan fingerprint density at radius 2 is 2.12 bits per heavy atom. The van der Waals surface area contributed by atoms with Gasteiger partial charge in [0.15, 0.2) is 0 Å². The van der Waals surface area contributed by atoms with Gasteiger partial charge in [0.2, 0.25) is 5.91 Å². The second-order valence-electron chi connectivity index (χ2n) is 6.64. The van der Waals surface area contributed by atoms with Gasteiger partial charge < -0.3 is 14.7 Å². The molecule has 2 heterocycles. The molecular formula is C20H20N2O2. The number of carbonyl (C=O) groups excluding carboxylic acids is 1. The van der Waals surface area contributed by atoms with E-state index < -0.39 is 0 Å². The minimum Gasteiger partial charge on any atom is -0.461 e. The van der Waals surface area contributed by atoms with Crippen molar-refractivity contribution in [3.8, 4) is 0 Å². The fraction of sp³-hybridized carbons (Fsp3) is 0.250. The van der Waals surface area contributed by atoms with E-state index in [4.69, 9.17) is 4.42 Å². The minimum atomic E-state index is -0.167. The van der Waals surface area contributed by atoms with Crippen molar-refractivity contribution in [3.63, 3.8) is 0 Å².